The predicted molar refractivity (Wildman–Crippen MR) is 93.5 cm³/mol. The molecular weight excluding hydrogens is 347 g/mol. The molecule has 1 unspecified atom stereocenters. The van der Waals surface area contributed by atoms with Crippen LogP contribution in [0.5, 0.6) is 5.75 Å². The van der Waals surface area contributed by atoms with Gasteiger partial charge in [0.15, 0.2) is 0 Å². The van der Waals surface area contributed by atoms with E-state index in [1.165, 1.54) is 36.3 Å². The van der Waals surface area contributed by atoms with Gasteiger partial charge in [0.1, 0.15) is 11.6 Å². The zero-order chi connectivity index (χ0) is 18.0. The van der Waals surface area contributed by atoms with Crippen LogP contribution in [0.1, 0.15) is 6.42 Å². The van der Waals surface area contributed by atoms with Crippen molar-refractivity contribution in [1.82, 2.24) is 0 Å². The van der Waals surface area contributed by atoms with E-state index >= 15 is 0 Å². The maximum Gasteiger partial charge on any atom is 0.229 e. The highest BCUT2D eigenvalue weighted by atomic mass is 35.5. The maximum absolute atomic E-state index is 13.0. The van der Waals surface area contributed by atoms with Crippen LogP contribution in [0, 0.1) is 11.7 Å². The molecule has 0 aromatic heterocycles. The van der Waals surface area contributed by atoms with Gasteiger partial charge >= 0.3 is 0 Å². The lowest BCUT2D eigenvalue weighted by atomic mass is 10.1. The van der Waals surface area contributed by atoms with E-state index in [9.17, 15) is 14.0 Å². The second kappa shape index (κ2) is 7.11. The van der Waals surface area contributed by atoms with Crippen molar-refractivity contribution < 1.29 is 18.7 Å². The summed E-state index contributed by atoms with van der Waals surface area (Å²) in [6.45, 7) is 0.250. The number of benzene rings is 2. The second-order valence-corrected chi connectivity index (χ2v) is 6.13. The summed E-state index contributed by atoms with van der Waals surface area (Å²) in [4.78, 5) is 26.1. The molecule has 1 fully saturated rings. The van der Waals surface area contributed by atoms with Gasteiger partial charge in [-0.3, -0.25) is 9.59 Å². The Hall–Kier alpha value is -2.60. The standard InChI is InChI=1S/C18H16ClFN2O3/c1-25-16-7-4-13(9-15(16)19)21-18(24)11-8-17(23)22(10-11)14-5-2-12(20)3-6-14/h2-7,9,11H,8,10H2,1H3,(H,21,24). The van der Waals surface area contributed by atoms with Gasteiger partial charge in [-0.25, -0.2) is 4.39 Å². The normalized spacial score (nSPS) is 16.8. The molecule has 0 aliphatic carbocycles. The number of ether oxygens (including phenoxy) is 1. The number of carbonyl (C=O) groups excluding carboxylic acids is 2. The summed E-state index contributed by atoms with van der Waals surface area (Å²) in [5.74, 6) is -0.781. The minimum atomic E-state index is -0.488. The smallest absolute Gasteiger partial charge is 0.229 e. The lowest BCUT2D eigenvalue weighted by Crippen LogP contribution is -2.28. The first-order valence-electron chi connectivity index (χ1n) is 7.68. The number of hydrogen-bond donors (Lipinski definition) is 1. The van der Waals surface area contributed by atoms with E-state index < -0.39 is 5.92 Å². The third-order valence-corrected chi connectivity index (χ3v) is 4.35. The summed E-state index contributed by atoms with van der Waals surface area (Å²) in [6, 6.07) is 10.5. The lowest BCUT2D eigenvalue weighted by Gasteiger charge is -2.16. The van der Waals surface area contributed by atoms with E-state index in [0.717, 1.165) is 0 Å². The zero-order valence-electron chi connectivity index (χ0n) is 13.5. The number of carbonyl (C=O) groups is 2. The fourth-order valence-corrected chi connectivity index (χ4v) is 3.00. The van der Waals surface area contributed by atoms with Crippen molar-refractivity contribution in [3.05, 3.63) is 53.3 Å². The predicted octanol–water partition coefficient (Wildman–Crippen LogP) is 3.48. The molecular formula is C18H16ClFN2O3. The average molecular weight is 363 g/mol. The van der Waals surface area contributed by atoms with Crippen LogP contribution in [-0.4, -0.2) is 25.5 Å². The van der Waals surface area contributed by atoms with Gasteiger partial charge in [-0.05, 0) is 42.5 Å². The van der Waals surface area contributed by atoms with Gasteiger partial charge in [-0.1, -0.05) is 11.6 Å². The van der Waals surface area contributed by atoms with Crippen molar-refractivity contribution in [2.24, 2.45) is 5.92 Å². The minimum Gasteiger partial charge on any atom is -0.495 e. The van der Waals surface area contributed by atoms with Crippen molar-refractivity contribution >= 4 is 34.8 Å². The van der Waals surface area contributed by atoms with Gasteiger partial charge < -0.3 is 15.0 Å². The highest BCUT2D eigenvalue weighted by Gasteiger charge is 2.35. The molecule has 25 heavy (non-hydrogen) atoms. The van der Waals surface area contributed by atoms with Crippen LogP contribution in [0.2, 0.25) is 5.02 Å². The van der Waals surface area contributed by atoms with Gasteiger partial charge in [0.25, 0.3) is 0 Å². The van der Waals surface area contributed by atoms with E-state index in [-0.39, 0.29) is 30.6 Å². The Morgan fingerprint density at radius 1 is 1.28 bits per heavy atom. The summed E-state index contributed by atoms with van der Waals surface area (Å²) in [5, 5.41) is 3.14. The number of amides is 2. The van der Waals surface area contributed by atoms with Gasteiger partial charge in [-0.15, -0.1) is 0 Å². The van der Waals surface area contributed by atoms with Gasteiger partial charge in [0.05, 0.1) is 18.1 Å². The summed E-state index contributed by atoms with van der Waals surface area (Å²) in [6.07, 6.45) is 0.104. The van der Waals surface area contributed by atoms with Crippen molar-refractivity contribution in [3.8, 4) is 5.75 Å². The number of nitrogens with zero attached hydrogens (tertiary/aromatic N) is 1. The van der Waals surface area contributed by atoms with Crippen LogP contribution in [0.15, 0.2) is 42.5 Å². The van der Waals surface area contributed by atoms with E-state index in [4.69, 9.17) is 16.3 Å². The highest BCUT2D eigenvalue weighted by molar-refractivity contribution is 6.32. The molecule has 1 N–H and O–H groups in total. The Kier molecular flexibility index (Phi) is 4.90. The SMILES string of the molecule is COc1ccc(NC(=O)C2CC(=O)N(c3ccc(F)cc3)C2)cc1Cl. The Bertz CT molecular complexity index is 810. The molecule has 5 nitrogen and oxygen atoms in total. The highest BCUT2D eigenvalue weighted by Crippen LogP contribution is 2.29. The molecule has 130 valence electrons. The number of rotatable bonds is 4. The fourth-order valence-electron chi connectivity index (χ4n) is 2.74. The molecule has 0 saturated carbocycles. The first kappa shape index (κ1) is 17.2. The molecule has 1 saturated heterocycles. The number of nitrogens with one attached hydrogen (secondary N) is 1. The Labute approximate surface area is 149 Å². The van der Waals surface area contributed by atoms with Gasteiger partial charge in [-0.2, -0.15) is 0 Å². The molecule has 7 heteroatoms. The number of anilines is 2. The molecule has 0 spiro atoms. The van der Waals surface area contributed by atoms with Crippen LogP contribution >= 0.6 is 11.6 Å². The Balaban J connectivity index is 1.68. The van der Waals surface area contributed by atoms with Crippen LogP contribution in [0.3, 0.4) is 0 Å². The third-order valence-electron chi connectivity index (χ3n) is 4.05. The van der Waals surface area contributed by atoms with E-state index in [1.807, 2.05) is 0 Å². The van der Waals surface area contributed by atoms with Crippen LogP contribution < -0.4 is 15.0 Å². The number of halogens is 2. The quantitative estimate of drug-likeness (QED) is 0.905. The largest absolute Gasteiger partial charge is 0.495 e. The first-order valence-corrected chi connectivity index (χ1v) is 8.06. The van der Waals surface area contributed by atoms with Crippen LogP contribution in [0.4, 0.5) is 15.8 Å². The second-order valence-electron chi connectivity index (χ2n) is 5.72. The van der Waals surface area contributed by atoms with Crippen LogP contribution in [-0.2, 0) is 9.59 Å². The van der Waals surface area contributed by atoms with Crippen molar-refractivity contribution in [1.29, 1.82) is 0 Å². The van der Waals surface area contributed by atoms with E-state index in [1.54, 1.807) is 18.2 Å². The summed E-state index contributed by atoms with van der Waals surface area (Å²) in [5.41, 5.74) is 1.11. The molecule has 0 radical (unpaired) electrons. The fraction of sp³-hybridized carbons (Fsp3) is 0.222. The molecule has 1 heterocycles. The summed E-state index contributed by atoms with van der Waals surface area (Å²) < 4.78 is 18.1. The topological polar surface area (TPSA) is 58.6 Å². The molecule has 1 aliphatic heterocycles. The van der Waals surface area contributed by atoms with E-state index in [2.05, 4.69) is 5.32 Å². The van der Waals surface area contributed by atoms with Gasteiger partial charge in [0, 0.05) is 24.3 Å². The molecule has 3 rings (SSSR count). The van der Waals surface area contributed by atoms with Crippen molar-refractivity contribution in [2.45, 2.75) is 6.42 Å². The monoisotopic (exact) mass is 362 g/mol. The molecule has 1 atom stereocenters. The Morgan fingerprint density at radius 3 is 2.64 bits per heavy atom. The van der Waals surface area contributed by atoms with E-state index in [0.29, 0.717) is 22.1 Å². The average Bonchev–Trinajstić information content (AvgIpc) is 2.98. The third kappa shape index (κ3) is 3.74. The summed E-state index contributed by atoms with van der Waals surface area (Å²) in [7, 11) is 1.51. The minimum absolute atomic E-state index is 0.104. The van der Waals surface area contributed by atoms with Crippen molar-refractivity contribution in [2.75, 3.05) is 23.9 Å². The molecule has 2 amide bonds. The molecule has 0 bridgehead atoms. The van der Waals surface area contributed by atoms with Gasteiger partial charge in [0.2, 0.25) is 11.8 Å². The zero-order valence-corrected chi connectivity index (χ0v) is 14.2. The Morgan fingerprint density at radius 2 is 2.00 bits per heavy atom. The maximum atomic E-state index is 13.0. The summed E-state index contributed by atoms with van der Waals surface area (Å²) >= 11 is 6.04. The number of hydrogen-bond acceptors (Lipinski definition) is 3. The lowest BCUT2D eigenvalue weighted by molar-refractivity contribution is -0.122. The molecule has 2 aromatic carbocycles. The molecule has 2 aromatic rings. The van der Waals surface area contributed by atoms with Crippen molar-refractivity contribution in [3.63, 3.8) is 0 Å². The van der Waals surface area contributed by atoms with Crippen LogP contribution in [0.25, 0.3) is 0 Å². The molecule has 1 aliphatic rings. The first-order chi connectivity index (χ1) is 12.0. The number of methoxy groups -OCH3 is 1.